The monoisotopic (exact) mass is 297 g/mol. The molecule has 0 saturated heterocycles. The van der Waals surface area contributed by atoms with Crippen LogP contribution in [0.3, 0.4) is 0 Å². The van der Waals surface area contributed by atoms with Crippen LogP contribution in [0.2, 0.25) is 0 Å². The van der Waals surface area contributed by atoms with E-state index in [9.17, 15) is 0 Å². The molecule has 5 heteroatoms. The number of nitrogens with two attached hydrogens (primary N) is 1. The normalized spacial score (nSPS) is 12.0. The largest absolute Gasteiger partial charge is 0.386 e. The summed E-state index contributed by atoms with van der Waals surface area (Å²) in [6.07, 6.45) is 3.51. The maximum absolute atomic E-state index is 5.62. The topological polar surface area (TPSA) is 51.3 Å². The molecule has 0 fully saturated rings. The Morgan fingerprint density at radius 1 is 1.38 bits per heavy atom. The Morgan fingerprint density at radius 2 is 2.19 bits per heavy atom. The van der Waals surface area contributed by atoms with Gasteiger partial charge in [0.05, 0.1) is 11.6 Å². The molecule has 16 heavy (non-hydrogen) atoms. The average molecular weight is 299 g/mol. The molecule has 3 nitrogen and oxygen atoms in total. The van der Waals surface area contributed by atoms with E-state index in [0.717, 1.165) is 20.9 Å². The molecule has 2 N–H and O–H groups in total. The van der Waals surface area contributed by atoms with Crippen LogP contribution < -0.4 is 5.73 Å². The number of amidine groups is 1. The number of hydrogen-bond acceptors (Lipinski definition) is 2. The fourth-order valence-corrected chi connectivity index (χ4v) is 1.93. The first-order valence-corrected chi connectivity index (χ1v) is 5.96. The minimum absolute atomic E-state index is 0.225. The minimum atomic E-state index is 0.225. The van der Waals surface area contributed by atoms with E-state index in [2.05, 4.69) is 25.9 Å². The van der Waals surface area contributed by atoms with Crippen molar-refractivity contribution in [2.75, 3.05) is 5.88 Å². The molecule has 2 rings (SSSR count). The Kier molecular flexibility index (Phi) is 3.41. The van der Waals surface area contributed by atoms with Crippen LogP contribution in [0.1, 0.15) is 0 Å². The standard InChI is InChI=1S/C11H9BrClN3/c12-9-1-2-10(16-11(14)5-13)7-3-4-15-6-8(7)9/h1-4,6H,5H2,(H2,14,16). The van der Waals surface area contributed by atoms with Crippen LogP contribution in [-0.4, -0.2) is 16.7 Å². The second-order valence-corrected chi connectivity index (χ2v) is 4.35. The maximum Gasteiger partial charge on any atom is 0.115 e. The lowest BCUT2D eigenvalue weighted by Crippen LogP contribution is -2.12. The number of alkyl halides is 1. The van der Waals surface area contributed by atoms with Crippen LogP contribution in [0.15, 0.2) is 40.1 Å². The Hall–Kier alpha value is -1.13. The number of fused-ring (bicyclic) bond motifs is 1. The van der Waals surface area contributed by atoms with Crippen molar-refractivity contribution in [2.24, 2.45) is 10.7 Å². The highest BCUT2D eigenvalue weighted by atomic mass is 79.9. The van der Waals surface area contributed by atoms with Gasteiger partial charge in [-0.15, -0.1) is 11.6 Å². The summed E-state index contributed by atoms with van der Waals surface area (Å²) >= 11 is 9.08. The van der Waals surface area contributed by atoms with Crippen molar-refractivity contribution in [3.05, 3.63) is 35.1 Å². The van der Waals surface area contributed by atoms with Crippen LogP contribution in [0.5, 0.6) is 0 Å². The van der Waals surface area contributed by atoms with Crippen LogP contribution in [-0.2, 0) is 0 Å². The molecular weight excluding hydrogens is 289 g/mol. The van der Waals surface area contributed by atoms with Gasteiger partial charge in [0, 0.05) is 27.6 Å². The Balaban J connectivity index is 2.68. The van der Waals surface area contributed by atoms with E-state index in [1.165, 1.54) is 0 Å². The molecule has 0 aliphatic carbocycles. The predicted octanol–water partition coefficient (Wildman–Crippen LogP) is 3.22. The lowest BCUT2D eigenvalue weighted by Gasteiger charge is -2.04. The van der Waals surface area contributed by atoms with E-state index in [4.69, 9.17) is 17.3 Å². The fraction of sp³-hybridized carbons (Fsp3) is 0.0909. The summed E-state index contributed by atoms with van der Waals surface area (Å²) < 4.78 is 0.985. The smallest absolute Gasteiger partial charge is 0.115 e. The van der Waals surface area contributed by atoms with Gasteiger partial charge in [-0.1, -0.05) is 15.9 Å². The summed E-state index contributed by atoms with van der Waals surface area (Å²) in [6.45, 7) is 0. The number of aromatic nitrogens is 1. The molecule has 0 saturated carbocycles. The van der Waals surface area contributed by atoms with Crippen molar-refractivity contribution in [1.82, 2.24) is 4.98 Å². The summed E-state index contributed by atoms with van der Waals surface area (Å²) in [5.41, 5.74) is 6.43. The predicted molar refractivity (Wildman–Crippen MR) is 71.4 cm³/mol. The Morgan fingerprint density at radius 3 is 2.94 bits per heavy atom. The number of nitrogens with zero attached hydrogens (tertiary/aromatic N) is 2. The van der Waals surface area contributed by atoms with Gasteiger partial charge in [-0.25, -0.2) is 4.99 Å². The van der Waals surface area contributed by atoms with E-state index in [-0.39, 0.29) is 5.88 Å². The van der Waals surface area contributed by atoms with Crippen molar-refractivity contribution in [3.8, 4) is 0 Å². The molecule has 1 aromatic carbocycles. The van der Waals surface area contributed by atoms with Crippen LogP contribution in [0, 0.1) is 0 Å². The fourth-order valence-electron chi connectivity index (χ4n) is 1.42. The van der Waals surface area contributed by atoms with E-state index >= 15 is 0 Å². The third-order valence-electron chi connectivity index (χ3n) is 2.14. The second-order valence-electron chi connectivity index (χ2n) is 3.22. The lowest BCUT2D eigenvalue weighted by atomic mass is 10.1. The highest BCUT2D eigenvalue weighted by molar-refractivity contribution is 9.10. The molecule has 0 atom stereocenters. The first kappa shape index (κ1) is 11.4. The van der Waals surface area contributed by atoms with Gasteiger partial charge < -0.3 is 5.73 Å². The summed E-state index contributed by atoms with van der Waals surface area (Å²) in [4.78, 5) is 8.34. The molecule has 0 radical (unpaired) electrons. The molecule has 1 heterocycles. The van der Waals surface area contributed by atoms with Gasteiger partial charge in [0.1, 0.15) is 5.84 Å². The molecule has 0 unspecified atom stereocenters. The number of benzene rings is 1. The van der Waals surface area contributed by atoms with Crippen LogP contribution >= 0.6 is 27.5 Å². The zero-order valence-corrected chi connectivity index (χ0v) is 10.7. The van der Waals surface area contributed by atoms with Gasteiger partial charge in [0.15, 0.2) is 0 Å². The average Bonchev–Trinajstić information content (AvgIpc) is 2.33. The maximum atomic E-state index is 5.62. The van der Waals surface area contributed by atoms with Gasteiger partial charge in [-0.2, -0.15) is 0 Å². The van der Waals surface area contributed by atoms with Gasteiger partial charge in [0.2, 0.25) is 0 Å². The van der Waals surface area contributed by atoms with E-state index in [0.29, 0.717) is 5.84 Å². The number of aliphatic imine (C=N–C) groups is 1. The Labute approximate surface area is 106 Å². The number of hydrogen-bond donors (Lipinski definition) is 1. The number of halogens is 2. The first-order chi connectivity index (χ1) is 7.72. The zero-order valence-electron chi connectivity index (χ0n) is 8.32. The number of rotatable bonds is 2. The highest BCUT2D eigenvalue weighted by Gasteiger charge is 2.03. The number of pyridine rings is 1. The summed E-state index contributed by atoms with van der Waals surface area (Å²) in [5.74, 6) is 0.630. The minimum Gasteiger partial charge on any atom is -0.386 e. The molecule has 82 valence electrons. The van der Waals surface area contributed by atoms with E-state index in [1.54, 1.807) is 12.4 Å². The highest BCUT2D eigenvalue weighted by Crippen LogP contribution is 2.30. The molecule has 0 aliphatic rings. The third kappa shape index (κ3) is 2.18. The zero-order chi connectivity index (χ0) is 11.5. The lowest BCUT2D eigenvalue weighted by molar-refractivity contribution is 1.35. The van der Waals surface area contributed by atoms with E-state index in [1.807, 2.05) is 18.2 Å². The van der Waals surface area contributed by atoms with Crippen molar-refractivity contribution in [1.29, 1.82) is 0 Å². The molecule has 0 spiro atoms. The second kappa shape index (κ2) is 4.80. The van der Waals surface area contributed by atoms with Crippen LogP contribution in [0.25, 0.3) is 10.8 Å². The van der Waals surface area contributed by atoms with Crippen LogP contribution in [0.4, 0.5) is 5.69 Å². The van der Waals surface area contributed by atoms with Crippen molar-refractivity contribution in [3.63, 3.8) is 0 Å². The molecule has 0 aliphatic heterocycles. The molecule has 0 amide bonds. The van der Waals surface area contributed by atoms with Gasteiger partial charge in [-0.3, -0.25) is 4.98 Å². The molecule has 1 aromatic heterocycles. The third-order valence-corrected chi connectivity index (χ3v) is 3.11. The van der Waals surface area contributed by atoms with Gasteiger partial charge in [-0.05, 0) is 18.2 Å². The SMILES string of the molecule is NC(CCl)=Nc1ccc(Br)c2cnccc12. The van der Waals surface area contributed by atoms with Crippen molar-refractivity contribution >= 4 is 49.8 Å². The molecule has 0 bridgehead atoms. The van der Waals surface area contributed by atoms with Crippen molar-refractivity contribution in [2.45, 2.75) is 0 Å². The van der Waals surface area contributed by atoms with Gasteiger partial charge >= 0.3 is 0 Å². The molecule has 2 aromatic rings. The van der Waals surface area contributed by atoms with E-state index < -0.39 is 0 Å². The van der Waals surface area contributed by atoms with Gasteiger partial charge in [0.25, 0.3) is 0 Å². The first-order valence-electron chi connectivity index (χ1n) is 4.63. The Bertz CT molecular complexity index is 554. The molecular formula is C11H9BrClN3. The quantitative estimate of drug-likeness (QED) is 0.526. The van der Waals surface area contributed by atoms with Crippen molar-refractivity contribution < 1.29 is 0 Å². The summed E-state index contributed by atoms with van der Waals surface area (Å²) in [5, 5.41) is 2.00. The summed E-state index contributed by atoms with van der Waals surface area (Å²) in [7, 11) is 0. The summed E-state index contributed by atoms with van der Waals surface area (Å²) in [6, 6.07) is 5.72.